The number of halogens is 1. The predicted molar refractivity (Wildman–Crippen MR) is 113 cm³/mol. The van der Waals surface area contributed by atoms with E-state index in [0.29, 0.717) is 17.1 Å². The van der Waals surface area contributed by atoms with Gasteiger partial charge >= 0.3 is 0 Å². The number of nitrogens with zero attached hydrogens (tertiary/aromatic N) is 1. The van der Waals surface area contributed by atoms with Gasteiger partial charge in [-0.15, -0.1) is 0 Å². The molecule has 0 heterocycles. The Kier molecular flexibility index (Phi) is 8.04. The number of carbonyl (C=O) groups excluding carboxylic acids is 1. The molecule has 0 aliphatic rings. The van der Waals surface area contributed by atoms with E-state index in [1.165, 1.54) is 16.4 Å². The summed E-state index contributed by atoms with van der Waals surface area (Å²) in [5.74, 6) is -0.117. The Bertz CT molecular complexity index is 881. The highest BCUT2D eigenvalue weighted by Crippen LogP contribution is 2.20. The number of hydrogen-bond donors (Lipinski definition) is 1. The largest absolute Gasteiger partial charge is 0.350 e. The third kappa shape index (κ3) is 5.80. The standard InChI is InChI=1S/C21H27ClN2O3S/c1-4-6-16(3)23-21(25)18-9-7-17(8-10-18)15-24(5-2)28(26,27)20-13-11-19(22)12-14-20/h7-14,16H,4-6,15H2,1-3H3,(H,23,25)/t16-/m1/s1. The van der Waals surface area contributed by atoms with Crippen molar-refractivity contribution in [2.75, 3.05) is 6.54 Å². The van der Waals surface area contributed by atoms with E-state index in [1.54, 1.807) is 43.3 Å². The van der Waals surface area contributed by atoms with E-state index in [9.17, 15) is 13.2 Å². The van der Waals surface area contributed by atoms with Gasteiger partial charge < -0.3 is 5.32 Å². The maximum absolute atomic E-state index is 12.9. The molecule has 0 bridgehead atoms. The lowest BCUT2D eigenvalue weighted by Crippen LogP contribution is -2.32. The zero-order chi connectivity index (χ0) is 20.7. The third-order valence-corrected chi connectivity index (χ3v) is 6.67. The molecule has 0 fully saturated rings. The van der Waals surface area contributed by atoms with Crippen molar-refractivity contribution in [3.63, 3.8) is 0 Å². The van der Waals surface area contributed by atoms with Crippen molar-refractivity contribution < 1.29 is 13.2 Å². The minimum Gasteiger partial charge on any atom is -0.350 e. The normalized spacial score (nSPS) is 12.8. The number of carbonyl (C=O) groups is 1. The summed E-state index contributed by atoms with van der Waals surface area (Å²) in [5, 5.41) is 3.45. The number of nitrogens with one attached hydrogen (secondary N) is 1. The summed E-state index contributed by atoms with van der Waals surface area (Å²) < 4.78 is 27.1. The number of hydrogen-bond acceptors (Lipinski definition) is 3. The topological polar surface area (TPSA) is 66.5 Å². The fourth-order valence-corrected chi connectivity index (χ4v) is 4.46. The lowest BCUT2D eigenvalue weighted by Gasteiger charge is -2.21. The Morgan fingerprint density at radius 2 is 1.68 bits per heavy atom. The van der Waals surface area contributed by atoms with Crippen molar-refractivity contribution in [3.05, 3.63) is 64.7 Å². The average Bonchev–Trinajstić information content (AvgIpc) is 2.66. The lowest BCUT2D eigenvalue weighted by molar-refractivity contribution is 0.0938. The van der Waals surface area contributed by atoms with Gasteiger partial charge in [0.2, 0.25) is 10.0 Å². The molecule has 28 heavy (non-hydrogen) atoms. The Labute approximate surface area is 172 Å². The first-order valence-electron chi connectivity index (χ1n) is 9.43. The summed E-state index contributed by atoms with van der Waals surface area (Å²) in [7, 11) is -3.62. The van der Waals surface area contributed by atoms with Crippen LogP contribution in [-0.2, 0) is 16.6 Å². The Morgan fingerprint density at radius 3 is 2.21 bits per heavy atom. The van der Waals surface area contributed by atoms with Gasteiger partial charge in [0.05, 0.1) is 4.90 Å². The van der Waals surface area contributed by atoms with Crippen molar-refractivity contribution in [2.45, 2.75) is 51.1 Å². The molecular formula is C21H27ClN2O3S. The SMILES string of the molecule is CCC[C@@H](C)NC(=O)c1ccc(CN(CC)S(=O)(=O)c2ccc(Cl)cc2)cc1. The fourth-order valence-electron chi connectivity index (χ4n) is 2.90. The smallest absolute Gasteiger partial charge is 0.251 e. The Morgan fingerprint density at radius 1 is 1.07 bits per heavy atom. The quantitative estimate of drug-likeness (QED) is 0.648. The molecule has 1 N–H and O–H groups in total. The molecule has 0 aliphatic carbocycles. The van der Waals surface area contributed by atoms with Crippen LogP contribution in [0.2, 0.25) is 5.02 Å². The van der Waals surface area contributed by atoms with Crippen molar-refractivity contribution in [2.24, 2.45) is 0 Å². The maximum Gasteiger partial charge on any atom is 0.251 e. The average molecular weight is 423 g/mol. The predicted octanol–water partition coefficient (Wildman–Crippen LogP) is 4.47. The van der Waals surface area contributed by atoms with Crippen LogP contribution in [0.25, 0.3) is 0 Å². The van der Waals surface area contributed by atoms with E-state index in [-0.39, 0.29) is 23.4 Å². The van der Waals surface area contributed by atoms with Gasteiger partial charge in [-0.25, -0.2) is 8.42 Å². The van der Waals surface area contributed by atoms with Crippen molar-refractivity contribution in [1.82, 2.24) is 9.62 Å². The van der Waals surface area contributed by atoms with E-state index < -0.39 is 10.0 Å². The van der Waals surface area contributed by atoms with Crippen molar-refractivity contribution in [1.29, 1.82) is 0 Å². The first kappa shape index (κ1) is 22.4. The second-order valence-corrected chi connectivity index (χ2v) is 9.12. The zero-order valence-electron chi connectivity index (χ0n) is 16.5. The molecule has 0 spiro atoms. The molecule has 0 unspecified atom stereocenters. The van der Waals surface area contributed by atoms with E-state index >= 15 is 0 Å². The van der Waals surface area contributed by atoms with E-state index in [4.69, 9.17) is 11.6 Å². The molecule has 2 aromatic rings. The van der Waals surface area contributed by atoms with Crippen LogP contribution < -0.4 is 5.32 Å². The minimum atomic E-state index is -3.62. The summed E-state index contributed by atoms with van der Waals surface area (Å²) in [5.41, 5.74) is 1.38. The van der Waals surface area contributed by atoms with Gasteiger partial charge in [0.1, 0.15) is 0 Å². The molecule has 1 amide bonds. The summed E-state index contributed by atoms with van der Waals surface area (Å²) in [6.07, 6.45) is 1.94. The zero-order valence-corrected chi connectivity index (χ0v) is 18.1. The number of amides is 1. The summed E-state index contributed by atoms with van der Waals surface area (Å²) >= 11 is 5.85. The molecule has 0 radical (unpaired) electrons. The molecule has 0 saturated carbocycles. The Hall–Kier alpha value is -1.89. The monoisotopic (exact) mass is 422 g/mol. The molecule has 2 aromatic carbocycles. The van der Waals surface area contributed by atoms with E-state index in [1.807, 2.05) is 6.92 Å². The fraction of sp³-hybridized carbons (Fsp3) is 0.381. The molecule has 0 aliphatic heterocycles. The van der Waals surface area contributed by atoms with Gasteiger partial charge in [0.15, 0.2) is 0 Å². The molecule has 0 saturated heterocycles. The molecule has 7 heteroatoms. The highest BCUT2D eigenvalue weighted by atomic mass is 35.5. The maximum atomic E-state index is 12.9. The highest BCUT2D eigenvalue weighted by Gasteiger charge is 2.23. The van der Waals surface area contributed by atoms with E-state index in [0.717, 1.165) is 18.4 Å². The summed E-state index contributed by atoms with van der Waals surface area (Å²) in [6, 6.07) is 13.3. The van der Waals surface area contributed by atoms with E-state index in [2.05, 4.69) is 12.2 Å². The van der Waals surface area contributed by atoms with Gasteiger partial charge in [-0.2, -0.15) is 4.31 Å². The van der Waals surface area contributed by atoms with Crippen LogP contribution in [0.5, 0.6) is 0 Å². The molecule has 2 rings (SSSR count). The summed E-state index contributed by atoms with van der Waals surface area (Å²) in [4.78, 5) is 12.5. The van der Waals surface area contributed by atoms with Crippen LogP contribution >= 0.6 is 11.6 Å². The van der Waals surface area contributed by atoms with Crippen molar-refractivity contribution >= 4 is 27.5 Å². The van der Waals surface area contributed by atoms with Gasteiger partial charge in [-0.3, -0.25) is 4.79 Å². The van der Waals surface area contributed by atoms with Crippen LogP contribution in [0.3, 0.4) is 0 Å². The molecule has 5 nitrogen and oxygen atoms in total. The van der Waals surface area contributed by atoms with Crippen LogP contribution in [-0.4, -0.2) is 31.2 Å². The van der Waals surface area contributed by atoms with Crippen LogP contribution in [0.1, 0.15) is 49.5 Å². The van der Waals surface area contributed by atoms with Gasteiger partial charge in [-0.05, 0) is 55.3 Å². The number of sulfonamides is 1. The number of rotatable bonds is 9. The van der Waals surface area contributed by atoms with Crippen molar-refractivity contribution in [3.8, 4) is 0 Å². The molecule has 0 aromatic heterocycles. The van der Waals surface area contributed by atoms with Crippen LogP contribution in [0, 0.1) is 0 Å². The van der Waals surface area contributed by atoms with Gasteiger partial charge in [0.25, 0.3) is 5.91 Å². The number of benzene rings is 2. The third-order valence-electron chi connectivity index (χ3n) is 4.48. The highest BCUT2D eigenvalue weighted by molar-refractivity contribution is 7.89. The molecule has 1 atom stereocenters. The molecule has 152 valence electrons. The first-order chi connectivity index (χ1) is 13.3. The summed E-state index contributed by atoms with van der Waals surface area (Å²) in [6.45, 7) is 6.42. The first-order valence-corrected chi connectivity index (χ1v) is 11.2. The minimum absolute atomic E-state index is 0.117. The molecular weight excluding hydrogens is 396 g/mol. The van der Waals surface area contributed by atoms with Crippen LogP contribution in [0.4, 0.5) is 0 Å². The van der Waals surface area contributed by atoms with Gasteiger partial charge in [-0.1, -0.05) is 44.0 Å². The van der Waals surface area contributed by atoms with Gasteiger partial charge in [0, 0.05) is 29.7 Å². The lowest BCUT2D eigenvalue weighted by atomic mass is 10.1. The second-order valence-electron chi connectivity index (χ2n) is 6.75. The Balaban J connectivity index is 2.11. The second kappa shape index (κ2) is 10.0. The van der Waals surface area contributed by atoms with Crippen LogP contribution in [0.15, 0.2) is 53.4 Å².